The number of ether oxygens (including phenoxy) is 1. The first kappa shape index (κ1) is 11.3. The maximum absolute atomic E-state index is 5.75. The zero-order valence-corrected chi connectivity index (χ0v) is 11.4. The van der Waals surface area contributed by atoms with Gasteiger partial charge in [0.15, 0.2) is 5.75 Å². The third-order valence-electron chi connectivity index (χ3n) is 2.28. The van der Waals surface area contributed by atoms with Gasteiger partial charge in [-0.15, -0.1) is 0 Å². The summed E-state index contributed by atoms with van der Waals surface area (Å²) in [7, 11) is 1.89. The highest BCUT2D eigenvalue weighted by atomic mass is 127. The van der Waals surface area contributed by atoms with Crippen molar-refractivity contribution < 1.29 is 4.74 Å². The van der Waals surface area contributed by atoms with Crippen LogP contribution in [0.3, 0.4) is 0 Å². The lowest BCUT2D eigenvalue weighted by Gasteiger charge is -2.05. The normalized spacial score (nSPS) is 10.5. The zero-order valence-electron chi connectivity index (χ0n) is 9.23. The molecule has 0 unspecified atom stereocenters. The number of aromatic nitrogens is 4. The zero-order chi connectivity index (χ0) is 11.7. The highest BCUT2D eigenvalue weighted by molar-refractivity contribution is 14.1. The van der Waals surface area contributed by atoms with Crippen LogP contribution in [-0.4, -0.2) is 19.7 Å². The minimum absolute atomic E-state index is 0.565. The van der Waals surface area contributed by atoms with Crippen LogP contribution in [0, 0.1) is 17.4 Å². The Morgan fingerprint density at radius 3 is 2.69 bits per heavy atom. The van der Waals surface area contributed by atoms with Gasteiger partial charge in [0, 0.05) is 13.2 Å². The fourth-order valence-electron chi connectivity index (χ4n) is 1.38. The Labute approximate surface area is 107 Å². The van der Waals surface area contributed by atoms with Crippen LogP contribution in [0.25, 0.3) is 0 Å². The summed E-state index contributed by atoms with van der Waals surface area (Å²) in [6, 6.07) is 0. The van der Waals surface area contributed by atoms with Crippen LogP contribution in [0.15, 0.2) is 12.5 Å². The van der Waals surface area contributed by atoms with Crippen molar-refractivity contribution in [1.29, 1.82) is 0 Å². The molecule has 0 atom stereocenters. The molecule has 0 spiro atoms. The van der Waals surface area contributed by atoms with E-state index in [1.165, 1.54) is 6.33 Å². The van der Waals surface area contributed by atoms with E-state index in [0.29, 0.717) is 5.88 Å². The summed E-state index contributed by atoms with van der Waals surface area (Å²) in [4.78, 5) is 8.00. The van der Waals surface area contributed by atoms with E-state index in [1.807, 2.05) is 20.9 Å². The highest BCUT2D eigenvalue weighted by Gasteiger charge is 2.13. The molecular weight excluding hydrogens is 319 g/mol. The van der Waals surface area contributed by atoms with Crippen LogP contribution in [0.4, 0.5) is 0 Å². The first-order chi connectivity index (χ1) is 7.59. The summed E-state index contributed by atoms with van der Waals surface area (Å²) >= 11 is 2.14. The predicted octanol–water partition coefficient (Wildman–Crippen LogP) is 2.22. The van der Waals surface area contributed by atoms with Crippen LogP contribution in [0.1, 0.15) is 11.4 Å². The summed E-state index contributed by atoms with van der Waals surface area (Å²) in [6.45, 7) is 3.87. The molecule has 2 aromatic heterocycles. The predicted molar refractivity (Wildman–Crippen MR) is 67.5 cm³/mol. The Morgan fingerprint density at radius 1 is 1.38 bits per heavy atom. The van der Waals surface area contributed by atoms with Crippen LogP contribution < -0.4 is 4.74 Å². The third-order valence-corrected chi connectivity index (χ3v) is 3.02. The standard InChI is InChI=1S/C10H11IN4O/c1-6-9(7(2)15(3)14-6)16-10-8(11)4-12-5-13-10/h4-5H,1-3H3. The fourth-order valence-corrected chi connectivity index (χ4v) is 1.79. The molecular formula is C10H11IN4O. The van der Waals surface area contributed by atoms with Gasteiger partial charge in [-0.05, 0) is 36.4 Å². The van der Waals surface area contributed by atoms with Crippen molar-refractivity contribution >= 4 is 22.6 Å². The molecule has 0 N–H and O–H groups in total. The first-order valence-electron chi connectivity index (χ1n) is 4.73. The van der Waals surface area contributed by atoms with Crippen molar-refractivity contribution in [1.82, 2.24) is 19.7 Å². The lowest BCUT2D eigenvalue weighted by molar-refractivity contribution is 0.450. The van der Waals surface area contributed by atoms with Crippen molar-refractivity contribution in [2.24, 2.45) is 7.05 Å². The molecule has 16 heavy (non-hydrogen) atoms. The second kappa shape index (κ2) is 4.36. The lowest BCUT2D eigenvalue weighted by Crippen LogP contribution is -1.95. The molecule has 2 heterocycles. The molecule has 0 amide bonds. The van der Waals surface area contributed by atoms with E-state index in [0.717, 1.165) is 20.7 Å². The molecule has 5 nitrogen and oxygen atoms in total. The van der Waals surface area contributed by atoms with Gasteiger partial charge in [-0.3, -0.25) is 4.68 Å². The maximum Gasteiger partial charge on any atom is 0.235 e. The fraction of sp³-hybridized carbons (Fsp3) is 0.300. The average Bonchev–Trinajstić information content (AvgIpc) is 2.48. The maximum atomic E-state index is 5.75. The van der Waals surface area contributed by atoms with Gasteiger partial charge in [-0.1, -0.05) is 0 Å². The molecule has 6 heteroatoms. The topological polar surface area (TPSA) is 52.8 Å². The molecule has 0 aliphatic heterocycles. The molecule has 0 bridgehead atoms. The Balaban J connectivity index is 2.38. The largest absolute Gasteiger partial charge is 0.434 e. The minimum atomic E-state index is 0.565. The van der Waals surface area contributed by atoms with Crippen molar-refractivity contribution in [2.45, 2.75) is 13.8 Å². The Kier molecular flexibility index (Phi) is 3.08. The summed E-state index contributed by atoms with van der Waals surface area (Å²) in [6.07, 6.45) is 3.18. The monoisotopic (exact) mass is 330 g/mol. The molecule has 0 aromatic carbocycles. The highest BCUT2D eigenvalue weighted by Crippen LogP contribution is 2.28. The molecule has 0 aliphatic carbocycles. The summed E-state index contributed by atoms with van der Waals surface area (Å²) in [5.41, 5.74) is 1.83. The number of hydrogen-bond donors (Lipinski definition) is 0. The quantitative estimate of drug-likeness (QED) is 0.793. The Hall–Kier alpha value is -1.18. The molecule has 0 fully saturated rings. The van der Waals surface area contributed by atoms with Gasteiger partial charge < -0.3 is 4.74 Å². The van der Waals surface area contributed by atoms with Gasteiger partial charge in [-0.2, -0.15) is 5.10 Å². The van der Waals surface area contributed by atoms with E-state index in [2.05, 4.69) is 37.7 Å². The molecule has 2 aromatic rings. The summed E-state index contributed by atoms with van der Waals surface area (Å²) in [5, 5.41) is 4.28. The molecule has 2 rings (SSSR count). The summed E-state index contributed by atoms with van der Waals surface area (Å²) < 4.78 is 8.42. The van der Waals surface area contributed by atoms with Crippen LogP contribution >= 0.6 is 22.6 Å². The van der Waals surface area contributed by atoms with E-state index in [4.69, 9.17) is 4.74 Å². The first-order valence-corrected chi connectivity index (χ1v) is 5.81. The van der Waals surface area contributed by atoms with Crippen molar-refractivity contribution in [3.8, 4) is 11.6 Å². The van der Waals surface area contributed by atoms with Crippen LogP contribution in [-0.2, 0) is 7.05 Å². The van der Waals surface area contributed by atoms with E-state index in [9.17, 15) is 0 Å². The van der Waals surface area contributed by atoms with E-state index < -0.39 is 0 Å². The number of halogens is 1. The van der Waals surface area contributed by atoms with Gasteiger partial charge >= 0.3 is 0 Å². The number of nitrogens with zero attached hydrogens (tertiary/aromatic N) is 4. The Bertz CT molecular complexity index is 524. The number of aryl methyl sites for hydroxylation is 2. The lowest BCUT2D eigenvalue weighted by atomic mass is 10.3. The second-order valence-electron chi connectivity index (χ2n) is 3.40. The van der Waals surface area contributed by atoms with Crippen molar-refractivity contribution in [3.63, 3.8) is 0 Å². The average molecular weight is 330 g/mol. The van der Waals surface area contributed by atoms with Crippen LogP contribution in [0.5, 0.6) is 11.6 Å². The van der Waals surface area contributed by atoms with Gasteiger partial charge in [-0.25, -0.2) is 9.97 Å². The van der Waals surface area contributed by atoms with E-state index in [1.54, 1.807) is 10.9 Å². The SMILES string of the molecule is Cc1nn(C)c(C)c1Oc1ncncc1I. The van der Waals surface area contributed by atoms with Crippen molar-refractivity contribution in [2.75, 3.05) is 0 Å². The van der Waals surface area contributed by atoms with E-state index >= 15 is 0 Å². The van der Waals surface area contributed by atoms with Gasteiger partial charge in [0.25, 0.3) is 0 Å². The van der Waals surface area contributed by atoms with Gasteiger partial charge in [0.05, 0.1) is 9.26 Å². The van der Waals surface area contributed by atoms with Gasteiger partial charge in [0.1, 0.15) is 12.0 Å². The molecule has 0 saturated heterocycles. The van der Waals surface area contributed by atoms with Crippen LogP contribution in [0.2, 0.25) is 0 Å². The molecule has 0 radical (unpaired) electrons. The molecule has 0 saturated carbocycles. The van der Waals surface area contributed by atoms with Crippen molar-refractivity contribution in [3.05, 3.63) is 27.5 Å². The van der Waals surface area contributed by atoms with E-state index in [-0.39, 0.29) is 0 Å². The molecule has 0 aliphatic rings. The summed E-state index contributed by atoms with van der Waals surface area (Å²) in [5.74, 6) is 1.33. The third kappa shape index (κ3) is 2.01. The Morgan fingerprint density at radius 2 is 2.12 bits per heavy atom. The smallest absolute Gasteiger partial charge is 0.235 e. The minimum Gasteiger partial charge on any atom is -0.434 e. The molecule has 84 valence electrons. The van der Waals surface area contributed by atoms with Gasteiger partial charge in [0.2, 0.25) is 5.88 Å². The number of rotatable bonds is 2. The number of hydrogen-bond acceptors (Lipinski definition) is 4. The second-order valence-corrected chi connectivity index (χ2v) is 4.56.